The number of fused-ring (bicyclic) bond motifs is 1. The summed E-state index contributed by atoms with van der Waals surface area (Å²) in [6, 6.07) is 4.76. The molecule has 1 fully saturated rings. The Morgan fingerprint density at radius 1 is 1.15 bits per heavy atom. The van der Waals surface area contributed by atoms with Crippen LogP contribution in [0, 0.1) is 5.92 Å². The summed E-state index contributed by atoms with van der Waals surface area (Å²) in [5.41, 5.74) is 0.00799. The number of alkyl halides is 3. The maximum absolute atomic E-state index is 13.4. The summed E-state index contributed by atoms with van der Waals surface area (Å²) in [4.78, 5) is 20.7. The Morgan fingerprint density at radius 3 is 2.47 bits per heavy atom. The molecule has 0 unspecified atom stereocenters. The van der Waals surface area contributed by atoms with Gasteiger partial charge in [-0.05, 0) is 56.7 Å². The average molecular weight is 479 g/mol. The molecule has 1 spiro atoms. The Bertz CT molecular complexity index is 1050. The lowest BCUT2D eigenvalue weighted by molar-refractivity contribution is -0.145. The fourth-order valence-electron chi connectivity index (χ4n) is 4.84. The van der Waals surface area contributed by atoms with E-state index in [0.717, 1.165) is 24.6 Å². The number of halogens is 3. The van der Waals surface area contributed by atoms with E-state index in [1.54, 1.807) is 19.1 Å². The van der Waals surface area contributed by atoms with Crippen LogP contribution in [0.25, 0.3) is 0 Å². The Hall–Kier alpha value is -2.72. The monoisotopic (exact) mass is 479 g/mol. The van der Waals surface area contributed by atoms with Gasteiger partial charge in [0.05, 0.1) is 23.8 Å². The molecule has 4 rings (SSSR count). The molecule has 2 aliphatic heterocycles. The summed E-state index contributed by atoms with van der Waals surface area (Å²) in [5, 5.41) is 19.6. The molecule has 1 saturated heterocycles. The smallest absolute Gasteiger partial charge is 0.435 e. The summed E-state index contributed by atoms with van der Waals surface area (Å²) in [7, 11) is 0. The third kappa shape index (κ3) is 4.74. The number of carboxylic acids is 1. The normalized spacial score (nSPS) is 20.8. The molecule has 34 heavy (non-hydrogen) atoms. The van der Waals surface area contributed by atoms with Crippen LogP contribution in [0.4, 0.5) is 13.2 Å². The van der Waals surface area contributed by atoms with E-state index >= 15 is 0 Å². The van der Waals surface area contributed by atoms with Crippen LogP contribution in [0.2, 0.25) is 0 Å². The predicted octanol–water partition coefficient (Wildman–Crippen LogP) is 4.17. The number of rotatable bonds is 5. The lowest BCUT2D eigenvalue weighted by Gasteiger charge is -2.46. The van der Waals surface area contributed by atoms with Crippen molar-refractivity contribution in [3.05, 3.63) is 53.1 Å². The number of benzene rings is 1. The number of aliphatic carboxylic acids is 1. The summed E-state index contributed by atoms with van der Waals surface area (Å²) in [6.45, 7) is 4.25. The molecular formula is C24H28F3N3O4. The minimum atomic E-state index is -4.56. The van der Waals surface area contributed by atoms with Crippen LogP contribution >= 0.6 is 0 Å². The molecule has 0 aliphatic carbocycles. The minimum absolute atomic E-state index is 0.0768. The molecule has 0 bridgehead atoms. The number of carboxylic acid groups (broad SMARTS) is 1. The van der Waals surface area contributed by atoms with Gasteiger partial charge in [0.25, 0.3) is 0 Å². The third-order valence-corrected chi connectivity index (χ3v) is 7.12. The Kier molecular flexibility index (Phi) is 6.56. The van der Waals surface area contributed by atoms with E-state index in [1.165, 1.54) is 13.1 Å². The number of aryl methyl sites for hydroxylation is 1. The van der Waals surface area contributed by atoms with Gasteiger partial charge in [-0.25, -0.2) is 4.98 Å². The van der Waals surface area contributed by atoms with Crippen molar-refractivity contribution in [3.63, 3.8) is 0 Å². The molecule has 1 aromatic carbocycles. The SMILES string of the molecule is C[C@H](C(=O)O)[C@@H](O)c1ccc2c(c1)OC1(CC2)CCN([C@@H](C)c2nccnc2C(F)(F)F)CC1. The summed E-state index contributed by atoms with van der Waals surface area (Å²) in [6.07, 6.45) is -0.544. The summed E-state index contributed by atoms with van der Waals surface area (Å²) >= 11 is 0. The van der Waals surface area contributed by atoms with Gasteiger partial charge in [0.2, 0.25) is 0 Å². The second-order valence-corrected chi connectivity index (χ2v) is 9.22. The lowest BCUT2D eigenvalue weighted by atomic mass is 9.82. The molecule has 0 radical (unpaired) electrons. The molecule has 7 nitrogen and oxygen atoms in total. The van der Waals surface area contributed by atoms with Crippen molar-refractivity contribution >= 4 is 5.97 Å². The average Bonchev–Trinajstić information content (AvgIpc) is 2.82. The number of aliphatic hydroxyl groups excluding tert-OH is 1. The molecule has 0 amide bonds. The Morgan fingerprint density at radius 2 is 1.82 bits per heavy atom. The van der Waals surface area contributed by atoms with Crippen molar-refractivity contribution < 1.29 is 32.9 Å². The van der Waals surface area contributed by atoms with Gasteiger partial charge in [0.1, 0.15) is 11.4 Å². The second kappa shape index (κ2) is 9.14. The molecule has 184 valence electrons. The molecule has 2 aliphatic rings. The van der Waals surface area contributed by atoms with E-state index in [9.17, 15) is 28.2 Å². The van der Waals surface area contributed by atoms with E-state index in [2.05, 4.69) is 9.97 Å². The zero-order valence-corrected chi connectivity index (χ0v) is 19.0. The number of nitrogens with zero attached hydrogens (tertiary/aromatic N) is 3. The van der Waals surface area contributed by atoms with Crippen LogP contribution in [-0.4, -0.2) is 49.7 Å². The fourth-order valence-corrected chi connectivity index (χ4v) is 4.84. The number of aliphatic hydroxyl groups is 1. The van der Waals surface area contributed by atoms with E-state index in [4.69, 9.17) is 4.74 Å². The molecule has 2 aromatic rings. The number of ether oxygens (including phenoxy) is 1. The number of aromatic nitrogens is 2. The zero-order chi connectivity index (χ0) is 24.7. The van der Waals surface area contributed by atoms with Gasteiger partial charge in [0, 0.05) is 25.5 Å². The first kappa shape index (κ1) is 24.4. The quantitative estimate of drug-likeness (QED) is 0.665. The highest BCUT2D eigenvalue weighted by atomic mass is 19.4. The first-order valence-corrected chi connectivity index (χ1v) is 11.4. The second-order valence-electron chi connectivity index (χ2n) is 9.22. The molecule has 3 atom stereocenters. The van der Waals surface area contributed by atoms with Crippen molar-refractivity contribution in [3.8, 4) is 5.75 Å². The van der Waals surface area contributed by atoms with Gasteiger partial charge in [0.15, 0.2) is 5.69 Å². The van der Waals surface area contributed by atoms with Crippen LogP contribution in [-0.2, 0) is 17.4 Å². The maximum Gasteiger partial charge on any atom is 0.435 e. The first-order chi connectivity index (χ1) is 16.0. The molecule has 0 saturated carbocycles. The number of hydrogen-bond acceptors (Lipinski definition) is 6. The molecule has 3 heterocycles. The van der Waals surface area contributed by atoms with Crippen molar-refractivity contribution in [2.45, 2.75) is 63.5 Å². The molecule has 2 N–H and O–H groups in total. The number of piperidine rings is 1. The standard InChI is InChI=1S/C24H28F3N3O4/c1-14(22(32)33)20(31)17-4-3-16-5-6-23(34-18(16)13-17)7-11-30(12-8-23)15(2)19-21(24(25,26)27)29-10-9-28-19/h3-4,9-10,13-15,20,31H,5-8,11-12H2,1-2H3,(H,32,33)/t14-,15-,20+/m0/s1. The largest absolute Gasteiger partial charge is 0.487 e. The van der Waals surface area contributed by atoms with Gasteiger partial charge in [-0.2, -0.15) is 13.2 Å². The van der Waals surface area contributed by atoms with E-state index < -0.39 is 41.5 Å². The van der Waals surface area contributed by atoms with Crippen LogP contribution < -0.4 is 4.74 Å². The third-order valence-electron chi connectivity index (χ3n) is 7.12. The maximum atomic E-state index is 13.4. The van der Waals surface area contributed by atoms with E-state index in [-0.39, 0.29) is 5.69 Å². The van der Waals surface area contributed by atoms with Gasteiger partial charge in [-0.3, -0.25) is 14.7 Å². The Balaban J connectivity index is 1.47. The van der Waals surface area contributed by atoms with E-state index in [0.29, 0.717) is 37.2 Å². The van der Waals surface area contributed by atoms with Gasteiger partial charge in [-0.1, -0.05) is 12.1 Å². The van der Waals surface area contributed by atoms with Gasteiger partial charge < -0.3 is 14.9 Å². The highest BCUT2D eigenvalue weighted by Gasteiger charge is 2.43. The zero-order valence-electron chi connectivity index (χ0n) is 19.0. The van der Waals surface area contributed by atoms with E-state index in [1.807, 2.05) is 11.0 Å². The molecular weight excluding hydrogens is 451 g/mol. The topological polar surface area (TPSA) is 95.8 Å². The van der Waals surface area contributed by atoms with Gasteiger partial charge in [-0.15, -0.1) is 0 Å². The van der Waals surface area contributed by atoms with Crippen LogP contribution in [0.3, 0.4) is 0 Å². The number of hydrogen-bond donors (Lipinski definition) is 2. The highest BCUT2D eigenvalue weighted by Crippen LogP contribution is 2.42. The van der Waals surface area contributed by atoms with Crippen LogP contribution in [0.5, 0.6) is 5.75 Å². The van der Waals surface area contributed by atoms with Crippen LogP contribution in [0.15, 0.2) is 30.6 Å². The fraction of sp³-hybridized carbons (Fsp3) is 0.542. The highest BCUT2D eigenvalue weighted by molar-refractivity contribution is 5.70. The van der Waals surface area contributed by atoms with Gasteiger partial charge >= 0.3 is 12.1 Å². The van der Waals surface area contributed by atoms with Crippen molar-refractivity contribution in [1.82, 2.24) is 14.9 Å². The van der Waals surface area contributed by atoms with Crippen molar-refractivity contribution in [1.29, 1.82) is 0 Å². The number of carbonyl (C=O) groups is 1. The predicted molar refractivity (Wildman–Crippen MR) is 116 cm³/mol. The first-order valence-electron chi connectivity index (χ1n) is 11.4. The summed E-state index contributed by atoms with van der Waals surface area (Å²) < 4.78 is 46.6. The number of likely N-dealkylation sites (tertiary alicyclic amines) is 1. The molecule has 10 heteroatoms. The lowest BCUT2D eigenvalue weighted by Crippen LogP contribution is -2.50. The Labute approximate surface area is 195 Å². The minimum Gasteiger partial charge on any atom is -0.487 e. The molecule has 1 aromatic heterocycles. The van der Waals surface area contributed by atoms with Crippen LogP contribution in [0.1, 0.15) is 67.8 Å². The van der Waals surface area contributed by atoms with Crippen molar-refractivity contribution in [2.24, 2.45) is 5.92 Å². The van der Waals surface area contributed by atoms with Crippen molar-refractivity contribution in [2.75, 3.05) is 13.1 Å². The summed E-state index contributed by atoms with van der Waals surface area (Å²) in [5.74, 6) is -1.40.